The second-order valence-electron chi connectivity index (χ2n) is 5.44. The summed E-state index contributed by atoms with van der Waals surface area (Å²) in [5, 5.41) is 2.91. The fraction of sp³-hybridized carbons (Fsp3) is 0.471. The van der Waals surface area contributed by atoms with E-state index in [0.717, 1.165) is 24.3 Å². The molecule has 1 aromatic rings. The monoisotopic (exact) mass is 275 g/mol. The van der Waals surface area contributed by atoms with Crippen LogP contribution in [0.1, 0.15) is 40.0 Å². The third-order valence-corrected chi connectivity index (χ3v) is 3.12. The Morgan fingerprint density at radius 1 is 1.30 bits per heavy atom. The van der Waals surface area contributed by atoms with Crippen LogP contribution in [0.5, 0.6) is 5.75 Å². The summed E-state index contributed by atoms with van der Waals surface area (Å²) in [5.74, 6) is 1.25. The van der Waals surface area contributed by atoms with Crippen molar-refractivity contribution in [1.82, 2.24) is 0 Å². The van der Waals surface area contributed by atoms with Crippen LogP contribution >= 0.6 is 0 Å². The maximum atomic E-state index is 11.9. The molecule has 3 heteroatoms. The molecule has 0 aromatic heterocycles. The van der Waals surface area contributed by atoms with Crippen LogP contribution in [0.2, 0.25) is 0 Å². The molecule has 0 spiro atoms. The van der Waals surface area contributed by atoms with Crippen molar-refractivity contribution in [2.45, 2.75) is 40.0 Å². The number of hydrogen-bond acceptors (Lipinski definition) is 2. The SMILES string of the molecule is COc1ccc(NC(=O)CC(C)CCC=C(C)C)cc1. The molecule has 110 valence electrons. The van der Waals surface area contributed by atoms with Gasteiger partial charge in [0, 0.05) is 12.1 Å². The lowest BCUT2D eigenvalue weighted by molar-refractivity contribution is -0.117. The van der Waals surface area contributed by atoms with Gasteiger partial charge in [0.15, 0.2) is 0 Å². The van der Waals surface area contributed by atoms with Crippen LogP contribution in [-0.4, -0.2) is 13.0 Å². The average molecular weight is 275 g/mol. The molecule has 0 aliphatic heterocycles. The van der Waals surface area contributed by atoms with Crippen LogP contribution in [0.4, 0.5) is 5.69 Å². The molecule has 3 nitrogen and oxygen atoms in total. The minimum atomic E-state index is 0.0693. The van der Waals surface area contributed by atoms with Crippen molar-refractivity contribution in [2.75, 3.05) is 12.4 Å². The second kappa shape index (κ2) is 8.41. The number of rotatable bonds is 7. The minimum Gasteiger partial charge on any atom is -0.497 e. The quantitative estimate of drug-likeness (QED) is 0.749. The van der Waals surface area contributed by atoms with Crippen LogP contribution in [0.15, 0.2) is 35.9 Å². The summed E-state index contributed by atoms with van der Waals surface area (Å²) in [6, 6.07) is 7.39. The number of nitrogens with one attached hydrogen (secondary N) is 1. The Morgan fingerprint density at radius 3 is 2.50 bits per heavy atom. The maximum absolute atomic E-state index is 11.9. The summed E-state index contributed by atoms with van der Waals surface area (Å²) in [6.07, 6.45) is 4.86. The van der Waals surface area contributed by atoms with Crippen molar-refractivity contribution < 1.29 is 9.53 Å². The normalized spacial score (nSPS) is 11.6. The van der Waals surface area contributed by atoms with Gasteiger partial charge in [-0.3, -0.25) is 4.79 Å². The number of hydrogen-bond donors (Lipinski definition) is 1. The molecule has 0 saturated heterocycles. The van der Waals surface area contributed by atoms with Crippen molar-refractivity contribution >= 4 is 11.6 Å². The molecule has 0 radical (unpaired) electrons. The molecule has 1 rings (SSSR count). The fourth-order valence-electron chi connectivity index (χ4n) is 1.96. The van der Waals surface area contributed by atoms with Gasteiger partial charge in [-0.25, -0.2) is 0 Å². The minimum absolute atomic E-state index is 0.0693. The predicted molar refractivity (Wildman–Crippen MR) is 84.1 cm³/mol. The van der Waals surface area contributed by atoms with Gasteiger partial charge in [-0.2, -0.15) is 0 Å². The van der Waals surface area contributed by atoms with Crippen molar-refractivity contribution in [1.29, 1.82) is 0 Å². The van der Waals surface area contributed by atoms with E-state index in [-0.39, 0.29) is 5.91 Å². The number of methoxy groups -OCH3 is 1. The second-order valence-corrected chi connectivity index (χ2v) is 5.44. The van der Waals surface area contributed by atoms with Crippen LogP contribution in [0.25, 0.3) is 0 Å². The standard InChI is InChI=1S/C17H25NO2/c1-13(2)6-5-7-14(3)12-17(19)18-15-8-10-16(20-4)11-9-15/h6,8-11,14H,5,7,12H2,1-4H3,(H,18,19). The maximum Gasteiger partial charge on any atom is 0.224 e. The number of amides is 1. The Morgan fingerprint density at radius 2 is 1.95 bits per heavy atom. The van der Waals surface area contributed by atoms with E-state index in [2.05, 4.69) is 32.2 Å². The molecule has 1 unspecified atom stereocenters. The van der Waals surface area contributed by atoms with Crippen molar-refractivity contribution in [3.05, 3.63) is 35.9 Å². The van der Waals surface area contributed by atoms with Gasteiger partial charge in [-0.15, -0.1) is 0 Å². The molecule has 0 aliphatic rings. The summed E-state index contributed by atoms with van der Waals surface area (Å²) >= 11 is 0. The topological polar surface area (TPSA) is 38.3 Å². The first kappa shape index (κ1) is 16.3. The lowest BCUT2D eigenvalue weighted by Crippen LogP contribution is -2.15. The molecule has 0 bridgehead atoms. The summed E-state index contributed by atoms with van der Waals surface area (Å²) < 4.78 is 5.08. The van der Waals surface area contributed by atoms with E-state index < -0.39 is 0 Å². The highest BCUT2D eigenvalue weighted by Gasteiger charge is 2.08. The van der Waals surface area contributed by atoms with Gasteiger partial charge in [0.2, 0.25) is 5.91 Å². The first-order chi connectivity index (χ1) is 9.51. The Labute approximate surface area is 122 Å². The number of benzene rings is 1. The summed E-state index contributed by atoms with van der Waals surface area (Å²) in [7, 11) is 1.63. The van der Waals surface area contributed by atoms with Gasteiger partial charge >= 0.3 is 0 Å². The highest BCUT2D eigenvalue weighted by molar-refractivity contribution is 5.90. The van der Waals surface area contributed by atoms with E-state index in [9.17, 15) is 4.79 Å². The van der Waals surface area contributed by atoms with E-state index in [1.54, 1.807) is 7.11 Å². The van der Waals surface area contributed by atoms with Gasteiger partial charge in [-0.05, 0) is 56.9 Å². The zero-order valence-corrected chi connectivity index (χ0v) is 12.9. The van der Waals surface area contributed by atoms with E-state index in [1.807, 2.05) is 24.3 Å². The lowest BCUT2D eigenvalue weighted by atomic mass is 10.0. The van der Waals surface area contributed by atoms with Gasteiger partial charge in [0.25, 0.3) is 0 Å². The largest absolute Gasteiger partial charge is 0.497 e. The van der Waals surface area contributed by atoms with E-state index in [1.165, 1.54) is 5.57 Å². The summed E-state index contributed by atoms with van der Waals surface area (Å²) in [6.45, 7) is 6.31. The lowest BCUT2D eigenvalue weighted by Gasteiger charge is -2.11. The molecular formula is C17H25NO2. The van der Waals surface area contributed by atoms with Crippen LogP contribution in [0.3, 0.4) is 0 Å². The number of ether oxygens (including phenoxy) is 1. The predicted octanol–water partition coefficient (Wildman–Crippen LogP) is 4.41. The van der Waals surface area contributed by atoms with Crippen molar-refractivity contribution in [3.8, 4) is 5.75 Å². The molecular weight excluding hydrogens is 250 g/mol. The molecule has 0 saturated carbocycles. The average Bonchev–Trinajstić information content (AvgIpc) is 2.38. The first-order valence-electron chi connectivity index (χ1n) is 7.08. The Balaban J connectivity index is 2.36. The summed E-state index contributed by atoms with van der Waals surface area (Å²) in [4.78, 5) is 11.9. The van der Waals surface area contributed by atoms with E-state index in [0.29, 0.717) is 12.3 Å². The first-order valence-corrected chi connectivity index (χ1v) is 7.08. The highest BCUT2D eigenvalue weighted by atomic mass is 16.5. The Kier molecular flexibility index (Phi) is 6.85. The molecule has 20 heavy (non-hydrogen) atoms. The molecule has 0 heterocycles. The number of anilines is 1. The molecule has 0 fully saturated rings. The van der Waals surface area contributed by atoms with E-state index in [4.69, 9.17) is 4.74 Å². The highest BCUT2D eigenvalue weighted by Crippen LogP contribution is 2.17. The van der Waals surface area contributed by atoms with Crippen LogP contribution < -0.4 is 10.1 Å². The fourth-order valence-corrected chi connectivity index (χ4v) is 1.96. The third-order valence-electron chi connectivity index (χ3n) is 3.12. The smallest absolute Gasteiger partial charge is 0.224 e. The molecule has 1 atom stereocenters. The number of allylic oxidation sites excluding steroid dienone is 2. The van der Waals surface area contributed by atoms with Crippen molar-refractivity contribution in [3.63, 3.8) is 0 Å². The third kappa shape index (κ3) is 6.41. The Hall–Kier alpha value is -1.77. The number of carbonyl (C=O) groups is 1. The van der Waals surface area contributed by atoms with Gasteiger partial charge in [-0.1, -0.05) is 18.6 Å². The molecule has 0 aliphatic carbocycles. The van der Waals surface area contributed by atoms with Crippen molar-refractivity contribution in [2.24, 2.45) is 5.92 Å². The Bertz CT molecular complexity index is 445. The zero-order chi connectivity index (χ0) is 15.0. The van der Waals surface area contributed by atoms with Crippen LogP contribution in [0, 0.1) is 5.92 Å². The summed E-state index contributed by atoms with van der Waals surface area (Å²) in [5.41, 5.74) is 2.15. The van der Waals surface area contributed by atoms with Crippen LogP contribution in [-0.2, 0) is 4.79 Å². The molecule has 1 aromatic carbocycles. The van der Waals surface area contributed by atoms with Gasteiger partial charge < -0.3 is 10.1 Å². The number of carbonyl (C=O) groups excluding carboxylic acids is 1. The molecule has 1 N–H and O–H groups in total. The van der Waals surface area contributed by atoms with E-state index >= 15 is 0 Å². The van der Waals surface area contributed by atoms with Gasteiger partial charge in [0.05, 0.1) is 7.11 Å². The van der Waals surface area contributed by atoms with Gasteiger partial charge in [0.1, 0.15) is 5.75 Å². The zero-order valence-electron chi connectivity index (χ0n) is 12.9. The molecule has 1 amide bonds.